The molecule has 7 heavy (non-hydrogen) atoms. The van der Waals surface area contributed by atoms with Crippen LogP contribution in [0.25, 0.3) is 0 Å². The maximum Gasteiger partial charge on any atom is 0.0437 e. The molecule has 0 aromatic heterocycles. The standard InChI is InChI=1S/C6H9N/c1-2-3-4-5-6-7/h6-7H,2,5H2,1H3. The van der Waals surface area contributed by atoms with Crippen LogP contribution >= 0.6 is 0 Å². The normalized spacial score (nSPS) is 6.43. The molecular weight excluding hydrogens is 86.1 g/mol. The highest BCUT2D eigenvalue weighted by Gasteiger charge is 1.61. The quantitative estimate of drug-likeness (QED) is 0.376. The van der Waals surface area contributed by atoms with Crippen molar-refractivity contribution in [3.63, 3.8) is 0 Å². The third-order valence-corrected chi connectivity index (χ3v) is 0.506. The van der Waals surface area contributed by atoms with E-state index in [1.54, 1.807) is 0 Å². The van der Waals surface area contributed by atoms with E-state index in [0.717, 1.165) is 6.42 Å². The summed E-state index contributed by atoms with van der Waals surface area (Å²) in [5, 5.41) is 6.55. The van der Waals surface area contributed by atoms with Gasteiger partial charge in [-0.3, -0.25) is 0 Å². The van der Waals surface area contributed by atoms with Gasteiger partial charge in [-0.1, -0.05) is 12.8 Å². The zero-order valence-corrected chi connectivity index (χ0v) is 4.49. The molecule has 0 aliphatic rings. The molecule has 0 spiro atoms. The summed E-state index contributed by atoms with van der Waals surface area (Å²) in [6.45, 7) is 2.00. The van der Waals surface area contributed by atoms with Gasteiger partial charge in [0.1, 0.15) is 0 Å². The lowest BCUT2D eigenvalue weighted by atomic mass is 10.4. The van der Waals surface area contributed by atoms with Crippen molar-refractivity contribution in [3.8, 4) is 11.8 Å². The Balaban J connectivity index is 3.06. The maximum atomic E-state index is 6.55. The first-order valence-electron chi connectivity index (χ1n) is 2.36. The summed E-state index contributed by atoms with van der Waals surface area (Å²) in [4.78, 5) is 0. The van der Waals surface area contributed by atoms with Crippen molar-refractivity contribution in [2.75, 3.05) is 0 Å². The Morgan fingerprint density at radius 3 is 2.71 bits per heavy atom. The topological polar surface area (TPSA) is 23.9 Å². The molecule has 1 heteroatoms. The molecule has 0 bridgehead atoms. The van der Waals surface area contributed by atoms with Crippen LogP contribution in [0.15, 0.2) is 0 Å². The highest BCUT2D eigenvalue weighted by atomic mass is 14.3. The van der Waals surface area contributed by atoms with E-state index in [4.69, 9.17) is 5.41 Å². The van der Waals surface area contributed by atoms with E-state index in [0.29, 0.717) is 6.42 Å². The lowest BCUT2D eigenvalue weighted by Crippen LogP contribution is -1.63. The van der Waals surface area contributed by atoms with Gasteiger partial charge in [0, 0.05) is 19.1 Å². The van der Waals surface area contributed by atoms with Gasteiger partial charge in [0.2, 0.25) is 0 Å². The van der Waals surface area contributed by atoms with E-state index in [1.807, 2.05) is 6.92 Å². The summed E-state index contributed by atoms with van der Waals surface area (Å²) in [5.41, 5.74) is 0. The van der Waals surface area contributed by atoms with Crippen molar-refractivity contribution >= 4 is 6.21 Å². The summed E-state index contributed by atoms with van der Waals surface area (Å²) >= 11 is 0. The van der Waals surface area contributed by atoms with Crippen LogP contribution in [0.1, 0.15) is 19.8 Å². The van der Waals surface area contributed by atoms with Crippen molar-refractivity contribution in [2.24, 2.45) is 0 Å². The van der Waals surface area contributed by atoms with Crippen LogP contribution in [-0.2, 0) is 0 Å². The first-order valence-corrected chi connectivity index (χ1v) is 2.36. The van der Waals surface area contributed by atoms with E-state index in [9.17, 15) is 0 Å². The van der Waals surface area contributed by atoms with Gasteiger partial charge in [-0.05, 0) is 0 Å². The Labute approximate surface area is 44.2 Å². The van der Waals surface area contributed by atoms with E-state index < -0.39 is 0 Å². The average molecular weight is 95.1 g/mol. The lowest BCUT2D eigenvalue weighted by molar-refractivity contribution is 1.27. The highest BCUT2D eigenvalue weighted by Crippen LogP contribution is 1.68. The molecule has 0 unspecified atom stereocenters. The minimum Gasteiger partial charge on any atom is -0.312 e. The van der Waals surface area contributed by atoms with Gasteiger partial charge in [0.25, 0.3) is 0 Å². The minimum atomic E-state index is 0.605. The Bertz CT molecular complexity index is 94.5. The minimum absolute atomic E-state index is 0.605. The predicted octanol–water partition coefficient (Wildman–Crippen LogP) is 1.44. The van der Waals surface area contributed by atoms with Crippen molar-refractivity contribution in [2.45, 2.75) is 19.8 Å². The second kappa shape index (κ2) is 5.23. The van der Waals surface area contributed by atoms with Gasteiger partial charge >= 0.3 is 0 Å². The van der Waals surface area contributed by atoms with Crippen LogP contribution in [-0.4, -0.2) is 6.21 Å². The molecule has 0 atom stereocenters. The first-order chi connectivity index (χ1) is 3.41. The molecule has 0 aromatic carbocycles. The van der Waals surface area contributed by atoms with Crippen molar-refractivity contribution in [3.05, 3.63) is 0 Å². The molecule has 0 aromatic rings. The zero-order valence-electron chi connectivity index (χ0n) is 4.49. The van der Waals surface area contributed by atoms with Crippen molar-refractivity contribution in [1.29, 1.82) is 5.41 Å². The Hall–Kier alpha value is -0.770. The number of rotatable bonds is 1. The third kappa shape index (κ3) is 5.23. The maximum absolute atomic E-state index is 6.55. The van der Waals surface area contributed by atoms with E-state index in [-0.39, 0.29) is 0 Å². The van der Waals surface area contributed by atoms with Gasteiger partial charge in [0.15, 0.2) is 0 Å². The smallest absolute Gasteiger partial charge is 0.0437 e. The predicted molar refractivity (Wildman–Crippen MR) is 31.5 cm³/mol. The van der Waals surface area contributed by atoms with Crippen LogP contribution in [0.3, 0.4) is 0 Å². The lowest BCUT2D eigenvalue weighted by Gasteiger charge is -1.67. The molecule has 38 valence electrons. The average Bonchev–Trinajstić information content (AvgIpc) is 1.69. The third-order valence-electron chi connectivity index (χ3n) is 0.506. The van der Waals surface area contributed by atoms with Crippen molar-refractivity contribution < 1.29 is 0 Å². The number of hydrogen-bond donors (Lipinski definition) is 1. The van der Waals surface area contributed by atoms with E-state index >= 15 is 0 Å². The molecule has 0 aliphatic carbocycles. The van der Waals surface area contributed by atoms with Crippen LogP contribution in [0.4, 0.5) is 0 Å². The molecule has 1 N–H and O–H groups in total. The highest BCUT2D eigenvalue weighted by molar-refractivity contribution is 5.56. The Morgan fingerprint density at radius 1 is 1.57 bits per heavy atom. The van der Waals surface area contributed by atoms with E-state index in [1.165, 1.54) is 6.21 Å². The Kier molecular flexibility index (Phi) is 4.65. The van der Waals surface area contributed by atoms with E-state index in [2.05, 4.69) is 11.8 Å². The fraction of sp³-hybridized carbons (Fsp3) is 0.500. The second-order valence-electron chi connectivity index (χ2n) is 1.12. The molecule has 0 saturated carbocycles. The van der Waals surface area contributed by atoms with Crippen LogP contribution in [0.2, 0.25) is 0 Å². The number of nitrogens with one attached hydrogen (secondary N) is 1. The molecule has 0 fully saturated rings. The molecule has 0 heterocycles. The summed E-state index contributed by atoms with van der Waals surface area (Å²) in [6.07, 6.45) is 2.81. The summed E-state index contributed by atoms with van der Waals surface area (Å²) < 4.78 is 0. The summed E-state index contributed by atoms with van der Waals surface area (Å²) in [5.74, 6) is 5.64. The monoisotopic (exact) mass is 95.1 g/mol. The van der Waals surface area contributed by atoms with Crippen LogP contribution in [0, 0.1) is 17.3 Å². The summed E-state index contributed by atoms with van der Waals surface area (Å²) in [7, 11) is 0. The van der Waals surface area contributed by atoms with Gasteiger partial charge in [-0.2, -0.15) is 0 Å². The Morgan fingerprint density at radius 2 is 2.29 bits per heavy atom. The van der Waals surface area contributed by atoms with Crippen LogP contribution < -0.4 is 0 Å². The van der Waals surface area contributed by atoms with Crippen LogP contribution in [0.5, 0.6) is 0 Å². The molecule has 0 amide bonds. The fourth-order valence-corrected chi connectivity index (χ4v) is 0.248. The summed E-state index contributed by atoms with van der Waals surface area (Å²) in [6, 6.07) is 0. The molecule has 0 aliphatic heterocycles. The van der Waals surface area contributed by atoms with Gasteiger partial charge < -0.3 is 5.41 Å². The van der Waals surface area contributed by atoms with Gasteiger partial charge in [0.05, 0.1) is 0 Å². The van der Waals surface area contributed by atoms with Gasteiger partial charge in [-0.25, -0.2) is 0 Å². The second-order valence-corrected chi connectivity index (χ2v) is 1.12. The molecule has 0 rings (SSSR count). The number of hydrogen-bond acceptors (Lipinski definition) is 1. The van der Waals surface area contributed by atoms with Crippen molar-refractivity contribution in [1.82, 2.24) is 0 Å². The zero-order chi connectivity index (χ0) is 5.54. The van der Waals surface area contributed by atoms with Gasteiger partial charge in [-0.15, -0.1) is 5.92 Å². The first kappa shape index (κ1) is 6.23. The molecule has 1 nitrogen and oxygen atoms in total. The molecule has 0 radical (unpaired) electrons. The largest absolute Gasteiger partial charge is 0.312 e. The molecule has 0 saturated heterocycles. The SMILES string of the molecule is CCC#CCC=N. The fourth-order valence-electron chi connectivity index (χ4n) is 0.248. The molecular formula is C6H9N.